The Hall–Kier alpha value is -0.120. The van der Waals surface area contributed by atoms with Crippen molar-refractivity contribution in [3.63, 3.8) is 0 Å². The summed E-state index contributed by atoms with van der Waals surface area (Å²) in [5, 5.41) is 3.60. The van der Waals surface area contributed by atoms with Crippen molar-refractivity contribution in [3.05, 3.63) is 0 Å². The molecular formula is C14H30N2O. The zero-order chi connectivity index (χ0) is 12.5. The first-order valence-electron chi connectivity index (χ1n) is 7.29. The van der Waals surface area contributed by atoms with E-state index in [1.54, 1.807) is 0 Å². The maximum Gasteiger partial charge on any atom is 0.0701 e. The molecule has 2 atom stereocenters. The van der Waals surface area contributed by atoms with E-state index in [1.807, 2.05) is 0 Å². The molecule has 1 rings (SSSR count). The van der Waals surface area contributed by atoms with E-state index in [0.717, 1.165) is 26.2 Å². The second kappa shape index (κ2) is 8.90. The van der Waals surface area contributed by atoms with Crippen LogP contribution >= 0.6 is 0 Å². The van der Waals surface area contributed by atoms with Crippen LogP contribution in [0.3, 0.4) is 0 Å². The molecule has 102 valence electrons. The van der Waals surface area contributed by atoms with Gasteiger partial charge in [0, 0.05) is 25.7 Å². The van der Waals surface area contributed by atoms with Crippen LogP contribution in [0.4, 0.5) is 0 Å². The van der Waals surface area contributed by atoms with Crippen molar-refractivity contribution in [1.82, 2.24) is 10.2 Å². The molecule has 0 aliphatic carbocycles. The van der Waals surface area contributed by atoms with Crippen molar-refractivity contribution in [2.45, 2.75) is 58.1 Å². The minimum atomic E-state index is 0.470. The maximum absolute atomic E-state index is 5.78. The molecule has 0 aromatic carbocycles. The molecule has 1 aliphatic rings. The van der Waals surface area contributed by atoms with Crippen LogP contribution in [0, 0.1) is 0 Å². The highest BCUT2D eigenvalue weighted by molar-refractivity contribution is 4.73. The molecular weight excluding hydrogens is 212 g/mol. The zero-order valence-corrected chi connectivity index (χ0v) is 11.9. The molecule has 0 aromatic heterocycles. The van der Waals surface area contributed by atoms with Crippen molar-refractivity contribution in [2.24, 2.45) is 0 Å². The predicted octanol–water partition coefficient (Wildman–Crippen LogP) is 2.27. The SMILES string of the molecule is CCCNC(CC)CN(C)CC1CCCCO1. The second-order valence-corrected chi connectivity index (χ2v) is 5.27. The Morgan fingerprint density at radius 1 is 1.35 bits per heavy atom. The first kappa shape index (κ1) is 14.9. The molecule has 1 aliphatic heterocycles. The lowest BCUT2D eigenvalue weighted by atomic mass is 10.1. The molecule has 0 spiro atoms. The van der Waals surface area contributed by atoms with Crippen LogP contribution in [-0.4, -0.2) is 50.3 Å². The normalized spacial score (nSPS) is 22.9. The lowest BCUT2D eigenvalue weighted by Crippen LogP contribution is -2.42. The summed E-state index contributed by atoms with van der Waals surface area (Å²) in [6.07, 6.45) is 6.71. The smallest absolute Gasteiger partial charge is 0.0701 e. The molecule has 1 fully saturated rings. The number of nitrogens with one attached hydrogen (secondary N) is 1. The first-order chi connectivity index (χ1) is 8.26. The minimum Gasteiger partial charge on any atom is -0.377 e. The molecule has 3 nitrogen and oxygen atoms in total. The molecule has 2 unspecified atom stereocenters. The Bertz CT molecular complexity index is 181. The van der Waals surface area contributed by atoms with Gasteiger partial charge in [-0.15, -0.1) is 0 Å². The summed E-state index contributed by atoms with van der Waals surface area (Å²) < 4.78 is 5.78. The van der Waals surface area contributed by atoms with Crippen LogP contribution in [0.5, 0.6) is 0 Å². The Morgan fingerprint density at radius 2 is 2.18 bits per heavy atom. The summed E-state index contributed by atoms with van der Waals surface area (Å²) >= 11 is 0. The highest BCUT2D eigenvalue weighted by Gasteiger charge is 2.17. The zero-order valence-electron chi connectivity index (χ0n) is 11.9. The van der Waals surface area contributed by atoms with E-state index >= 15 is 0 Å². The highest BCUT2D eigenvalue weighted by Crippen LogP contribution is 2.13. The van der Waals surface area contributed by atoms with Crippen molar-refractivity contribution in [2.75, 3.05) is 33.3 Å². The minimum absolute atomic E-state index is 0.470. The average molecular weight is 242 g/mol. The van der Waals surface area contributed by atoms with Gasteiger partial charge in [0.25, 0.3) is 0 Å². The average Bonchev–Trinajstić information content (AvgIpc) is 2.35. The van der Waals surface area contributed by atoms with Crippen LogP contribution in [0.1, 0.15) is 46.0 Å². The van der Waals surface area contributed by atoms with Gasteiger partial charge in [-0.2, -0.15) is 0 Å². The van der Waals surface area contributed by atoms with Gasteiger partial charge in [0.05, 0.1) is 6.10 Å². The predicted molar refractivity (Wildman–Crippen MR) is 73.5 cm³/mol. The summed E-state index contributed by atoms with van der Waals surface area (Å²) in [5.74, 6) is 0. The molecule has 0 saturated carbocycles. The molecule has 0 bridgehead atoms. The van der Waals surface area contributed by atoms with E-state index in [2.05, 4.69) is 31.1 Å². The molecule has 0 aromatic rings. The van der Waals surface area contributed by atoms with E-state index in [-0.39, 0.29) is 0 Å². The van der Waals surface area contributed by atoms with Gasteiger partial charge in [-0.3, -0.25) is 0 Å². The summed E-state index contributed by atoms with van der Waals surface area (Å²) in [7, 11) is 2.22. The Balaban J connectivity index is 2.18. The quantitative estimate of drug-likeness (QED) is 0.706. The molecule has 1 N–H and O–H groups in total. The molecule has 0 amide bonds. The summed E-state index contributed by atoms with van der Waals surface area (Å²) in [5.41, 5.74) is 0. The second-order valence-electron chi connectivity index (χ2n) is 5.27. The topological polar surface area (TPSA) is 24.5 Å². The van der Waals surface area contributed by atoms with Gasteiger partial charge in [-0.1, -0.05) is 13.8 Å². The lowest BCUT2D eigenvalue weighted by Gasteiger charge is -2.29. The molecule has 1 saturated heterocycles. The highest BCUT2D eigenvalue weighted by atomic mass is 16.5. The Kier molecular flexibility index (Phi) is 7.82. The van der Waals surface area contributed by atoms with Gasteiger partial charge >= 0.3 is 0 Å². The largest absolute Gasteiger partial charge is 0.377 e. The fourth-order valence-corrected chi connectivity index (χ4v) is 2.44. The third kappa shape index (κ3) is 6.39. The van der Waals surface area contributed by atoms with Gasteiger partial charge in [0.2, 0.25) is 0 Å². The third-order valence-corrected chi connectivity index (χ3v) is 3.50. The maximum atomic E-state index is 5.78. The molecule has 0 radical (unpaired) electrons. The van der Waals surface area contributed by atoms with E-state index in [1.165, 1.54) is 32.1 Å². The summed E-state index contributed by atoms with van der Waals surface area (Å²) in [6.45, 7) is 8.80. The third-order valence-electron chi connectivity index (χ3n) is 3.50. The van der Waals surface area contributed by atoms with E-state index < -0.39 is 0 Å². The molecule has 3 heteroatoms. The van der Waals surface area contributed by atoms with Gasteiger partial charge in [0.15, 0.2) is 0 Å². The van der Waals surface area contributed by atoms with Gasteiger partial charge in [-0.25, -0.2) is 0 Å². The van der Waals surface area contributed by atoms with Crippen LogP contribution in [-0.2, 0) is 4.74 Å². The fourth-order valence-electron chi connectivity index (χ4n) is 2.44. The van der Waals surface area contributed by atoms with E-state index in [4.69, 9.17) is 4.74 Å². The number of hydrogen-bond acceptors (Lipinski definition) is 3. The number of rotatable bonds is 8. The van der Waals surface area contributed by atoms with Crippen molar-refractivity contribution < 1.29 is 4.74 Å². The monoisotopic (exact) mass is 242 g/mol. The molecule has 1 heterocycles. The standard InChI is InChI=1S/C14H30N2O/c1-4-9-15-13(5-2)11-16(3)12-14-8-6-7-10-17-14/h13-15H,4-12H2,1-3H3. The number of hydrogen-bond donors (Lipinski definition) is 1. The first-order valence-corrected chi connectivity index (χ1v) is 7.29. The Labute approximate surface area is 107 Å². The van der Waals surface area contributed by atoms with Crippen LogP contribution in [0.25, 0.3) is 0 Å². The van der Waals surface area contributed by atoms with Crippen molar-refractivity contribution in [3.8, 4) is 0 Å². The Morgan fingerprint density at radius 3 is 2.76 bits per heavy atom. The fraction of sp³-hybridized carbons (Fsp3) is 1.00. The van der Waals surface area contributed by atoms with Crippen molar-refractivity contribution >= 4 is 0 Å². The van der Waals surface area contributed by atoms with Crippen LogP contribution in [0.15, 0.2) is 0 Å². The van der Waals surface area contributed by atoms with Gasteiger partial charge < -0.3 is 15.0 Å². The summed E-state index contributed by atoms with van der Waals surface area (Å²) in [4.78, 5) is 2.42. The number of nitrogens with zero attached hydrogens (tertiary/aromatic N) is 1. The van der Waals surface area contributed by atoms with E-state index in [0.29, 0.717) is 12.1 Å². The van der Waals surface area contributed by atoms with E-state index in [9.17, 15) is 0 Å². The van der Waals surface area contributed by atoms with Crippen molar-refractivity contribution in [1.29, 1.82) is 0 Å². The number of likely N-dealkylation sites (N-methyl/N-ethyl adjacent to an activating group) is 1. The van der Waals surface area contributed by atoms with Crippen LogP contribution < -0.4 is 5.32 Å². The van der Waals surface area contributed by atoms with Crippen LogP contribution in [0.2, 0.25) is 0 Å². The van der Waals surface area contributed by atoms with Gasteiger partial charge in [0.1, 0.15) is 0 Å². The summed E-state index contributed by atoms with van der Waals surface area (Å²) in [6, 6.07) is 0.628. The van der Waals surface area contributed by atoms with Gasteiger partial charge in [-0.05, 0) is 45.7 Å². The molecule has 17 heavy (non-hydrogen) atoms. The number of ether oxygens (including phenoxy) is 1. The lowest BCUT2D eigenvalue weighted by molar-refractivity contribution is -0.00263.